The maximum Gasteiger partial charge on any atom is 0.146 e. The van der Waals surface area contributed by atoms with Crippen molar-refractivity contribution in [3.05, 3.63) is 145 Å². The Bertz CT molecular complexity index is 2520. The molecule has 2 nitrogen and oxygen atoms in total. The Kier molecular flexibility index (Phi) is 5.46. The van der Waals surface area contributed by atoms with E-state index < -0.39 is 0 Å². The molecule has 4 heteroatoms. The molecule has 0 aliphatic rings. The fraction of sp³-hybridized carbons (Fsp3) is 0. The van der Waals surface area contributed by atoms with Gasteiger partial charge in [-0.15, -0.1) is 11.3 Å². The number of halogens is 1. The van der Waals surface area contributed by atoms with Crippen LogP contribution in [0.1, 0.15) is 0 Å². The monoisotopic (exact) mass is 586 g/mol. The summed E-state index contributed by atoms with van der Waals surface area (Å²) in [5.41, 5.74) is 7.75. The van der Waals surface area contributed by atoms with E-state index in [9.17, 15) is 0 Å². The lowest BCUT2D eigenvalue weighted by molar-refractivity contribution is 1.10. The molecule has 0 radical (unpaired) electrons. The number of nitrogens with zero attached hydrogens (tertiary/aromatic N) is 2. The van der Waals surface area contributed by atoms with E-state index >= 15 is 0 Å². The molecule has 43 heavy (non-hydrogen) atoms. The van der Waals surface area contributed by atoms with Crippen molar-refractivity contribution in [1.82, 2.24) is 9.55 Å². The van der Waals surface area contributed by atoms with E-state index in [4.69, 9.17) is 16.6 Å². The van der Waals surface area contributed by atoms with E-state index in [1.807, 2.05) is 23.5 Å². The van der Waals surface area contributed by atoms with Crippen molar-refractivity contribution in [2.24, 2.45) is 0 Å². The summed E-state index contributed by atoms with van der Waals surface area (Å²) >= 11 is 8.47. The molecule has 0 N–H and O–H groups in total. The second-order valence-corrected chi connectivity index (χ2v) is 12.5. The van der Waals surface area contributed by atoms with Gasteiger partial charge in [0.05, 0.1) is 16.6 Å². The molecule has 3 aromatic heterocycles. The van der Waals surface area contributed by atoms with Crippen LogP contribution >= 0.6 is 22.9 Å². The lowest BCUT2D eigenvalue weighted by Gasteiger charge is -2.15. The first-order chi connectivity index (χ1) is 21.2. The summed E-state index contributed by atoms with van der Waals surface area (Å²) in [6.07, 6.45) is 0. The van der Waals surface area contributed by atoms with Crippen molar-refractivity contribution in [1.29, 1.82) is 0 Å². The van der Waals surface area contributed by atoms with E-state index in [0.29, 0.717) is 0 Å². The van der Waals surface area contributed by atoms with Crippen LogP contribution in [0.3, 0.4) is 0 Å². The van der Waals surface area contributed by atoms with Crippen LogP contribution < -0.4 is 0 Å². The van der Waals surface area contributed by atoms with Gasteiger partial charge in [0, 0.05) is 46.9 Å². The molecule has 0 atom stereocenters. The minimum Gasteiger partial charge on any atom is -0.293 e. The molecule has 0 unspecified atom stereocenters. The summed E-state index contributed by atoms with van der Waals surface area (Å²) in [6, 6.07) is 49.6. The van der Waals surface area contributed by atoms with Gasteiger partial charge in [0.15, 0.2) is 0 Å². The molecule has 9 rings (SSSR count). The third kappa shape index (κ3) is 3.90. The predicted molar refractivity (Wildman–Crippen MR) is 185 cm³/mol. The molecule has 0 saturated carbocycles. The minimum atomic E-state index is 0.720. The maximum atomic E-state index is 6.62. The Balaban J connectivity index is 1.32. The number of para-hydroxylation sites is 1. The van der Waals surface area contributed by atoms with Crippen molar-refractivity contribution in [2.45, 2.75) is 0 Å². The quantitative estimate of drug-likeness (QED) is 0.201. The van der Waals surface area contributed by atoms with Crippen molar-refractivity contribution < 1.29 is 0 Å². The van der Waals surface area contributed by atoms with Gasteiger partial charge in [-0.3, -0.25) is 4.57 Å². The molecule has 3 heterocycles. The molecule has 202 valence electrons. The zero-order valence-corrected chi connectivity index (χ0v) is 24.5. The maximum absolute atomic E-state index is 6.62. The SMILES string of the molecule is Clc1ccc2c(c1)c1cc(-c3ccc4sc5ccccc5c4c3)ccc1n2-c1nc2ccccc2cc1-c1ccccc1. The molecule has 0 aliphatic carbocycles. The van der Waals surface area contributed by atoms with Gasteiger partial charge in [-0.1, -0.05) is 90.5 Å². The number of fused-ring (bicyclic) bond motifs is 7. The van der Waals surface area contributed by atoms with Gasteiger partial charge in [0.2, 0.25) is 0 Å². The Morgan fingerprint density at radius 2 is 1.19 bits per heavy atom. The highest BCUT2D eigenvalue weighted by Crippen LogP contribution is 2.41. The van der Waals surface area contributed by atoms with Crippen LogP contribution in [0.25, 0.3) is 81.0 Å². The second-order valence-electron chi connectivity index (χ2n) is 11.0. The van der Waals surface area contributed by atoms with Gasteiger partial charge in [-0.2, -0.15) is 0 Å². The molecule has 0 spiro atoms. The van der Waals surface area contributed by atoms with Gasteiger partial charge in [0.1, 0.15) is 5.82 Å². The Morgan fingerprint density at radius 3 is 2.07 bits per heavy atom. The highest BCUT2D eigenvalue weighted by atomic mass is 35.5. The number of aromatic nitrogens is 2. The fourth-order valence-electron chi connectivity index (χ4n) is 6.42. The Hall–Kier alpha value is -4.96. The number of hydrogen-bond acceptors (Lipinski definition) is 2. The van der Waals surface area contributed by atoms with E-state index in [0.717, 1.165) is 54.7 Å². The van der Waals surface area contributed by atoms with Crippen LogP contribution in [0.4, 0.5) is 0 Å². The summed E-state index contributed by atoms with van der Waals surface area (Å²) < 4.78 is 4.93. The molecular formula is C39H23ClN2S. The summed E-state index contributed by atoms with van der Waals surface area (Å²) in [5.74, 6) is 0.908. The number of hydrogen-bond donors (Lipinski definition) is 0. The first-order valence-corrected chi connectivity index (χ1v) is 15.5. The van der Waals surface area contributed by atoms with Gasteiger partial charge < -0.3 is 0 Å². The van der Waals surface area contributed by atoms with Crippen molar-refractivity contribution in [2.75, 3.05) is 0 Å². The third-order valence-corrected chi connectivity index (χ3v) is 9.82. The minimum absolute atomic E-state index is 0.720. The second kappa shape index (κ2) is 9.53. The lowest BCUT2D eigenvalue weighted by Crippen LogP contribution is -2.01. The largest absolute Gasteiger partial charge is 0.293 e. The molecule has 0 aliphatic heterocycles. The number of thiophene rings is 1. The topological polar surface area (TPSA) is 17.8 Å². The number of rotatable bonds is 3. The molecule has 0 saturated heterocycles. The number of benzene rings is 6. The summed E-state index contributed by atoms with van der Waals surface area (Å²) in [6.45, 7) is 0. The highest BCUT2D eigenvalue weighted by Gasteiger charge is 2.19. The molecule has 0 fully saturated rings. The summed E-state index contributed by atoms with van der Waals surface area (Å²) in [7, 11) is 0. The van der Waals surface area contributed by atoms with Gasteiger partial charge >= 0.3 is 0 Å². The smallest absolute Gasteiger partial charge is 0.146 e. The van der Waals surface area contributed by atoms with Gasteiger partial charge in [-0.25, -0.2) is 4.98 Å². The Labute approximate surface area is 257 Å². The lowest BCUT2D eigenvalue weighted by atomic mass is 10.0. The van der Waals surface area contributed by atoms with Crippen LogP contribution in [0, 0.1) is 0 Å². The van der Waals surface area contributed by atoms with Crippen LogP contribution in [0.2, 0.25) is 5.02 Å². The zero-order chi connectivity index (χ0) is 28.5. The molecule has 9 aromatic rings. The van der Waals surface area contributed by atoms with Gasteiger partial charge in [0.25, 0.3) is 0 Å². The van der Waals surface area contributed by atoms with Crippen LogP contribution in [0.15, 0.2) is 140 Å². The standard InChI is InChI=1S/C39H23ClN2S/c40-28-16-18-36-32(23-28)31-20-25(26-15-19-38-33(21-26)29-11-5-7-13-37(29)43-38)14-17-35(31)42(36)39-30(24-8-2-1-3-9-24)22-27-10-4-6-12-34(27)41-39/h1-23H. The molecule has 0 amide bonds. The van der Waals surface area contributed by atoms with Crippen molar-refractivity contribution in [3.8, 4) is 28.1 Å². The first-order valence-electron chi connectivity index (χ1n) is 14.3. The van der Waals surface area contributed by atoms with Crippen LogP contribution in [-0.4, -0.2) is 9.55 Å². The van der Waals surface area contributed by atoms with E-state index in [1.165, 1.54) is 31.3 Å². The predicted octanol–water partition coefficient (Wildman–Crippen LogP) is 11.7. The van der Waals surface area contributed by atoms with Crippen molar-refractivity contribution in [3.63, 3.8) is 0 Å². The zero-order valence-electron chi connectivity index (χ0n) is 23.0. The van der Waals surface area contributed by atoms with Gasteiger partial charge in [-0.05, 0) is 77.4 Å². The van der Waals surface area contributed by atoms with E-state index in [2.05, 4.69) is 132 Å². The average molecular weight is 587 g/mol. The summed E-state index contributed by atoms with van der Waals surface area (Å²) in [4.78, 5) is 5.29. The van der Waals surface area contributed by atoms with Crippen molar-refractivity contribution >= 4 is 75.8 Å². The summed E-state index contributed by atoms with van der Waals surface area (Å²) in [5, 5.41) is 6.71. The normalized spacial score (nSPS) is 11.8. The first kappa shape index (κ1) is 24.6. The van der Waals surface area contributed by atoms with E-state index in [-0.39, 0.29) is 0 Å². The average Bonchev–Trinajstić information content (AvgIpc) is 3.59. The Morgan fingerprint density at radius 1 is 0.512 bits per heavy atom. The number of pyridine rings is 1. The molecular weight excluding hydrogens is 564 g/mol. The highest BCUT2D eigenvalue weighted by molar-refractivity contribution is 7.25. The fourth-order valence-corrected chi connectivity index (χ4v) is 7.67. The molecule has 0 bridgehead atoms. The van der Waals surface area contributed by atoms with E-state index in [1.54, 1.807) is 0 Å². The van der Waals surface area contributed by atoms with Crippen LogP contribution in [-0.2, 0) is 0 Å². The third-order valence-electron chi connectivity index (χ3n) is 8.44. The van der Waals surface area contributed by atoms with Crippen LogP contribution in [0.5, 0.6) is 0 Å². The molecule has 6 aromatic carbocycles.